The third-order valence-electron chi connectivity index (χ3n) is 6.75. The second kappa shape index (κ2) is 12.2. The SMILES string of the molecule is COc1ccc(NC2=C(Cl)C(=O)N(c3ccccc3N3C(=O)C(Cl)=C(Nc4ccc(OC)cc4OC)C3=O)C2=O)c(OC)c1. The maximum absolute atomic E-state index is 13.7. The number of ether oxygens (including phenoxy) is 4. The molecule has 0 saturated carbocycles. The highest BCUT2D eigenvalue weighted by molar-refractivity contribution is 6.55. The van der Waals surface area contributed by atoms with Gasteiger partial charge in [-0.15, -0.1) is 0 Å². The van der Waals surface area contributed by atoms with Gasteiger partial charge in [0.05, 0.1) is 51.2 Å². The lowest BCUT2D eigenvalue weighted by Crippen LogP contribution is -2.37. The normalized spacial score (nSPS) is 15.0. The van der Waals surface area contributed by atoms with E-state index in [-0.39, 0.29) is 22.8 Å². The van der Waals surface area contributed by atoms with Gasteiger partial charge in [-0.25, -0.2) is 9.80 Å². The zero-order valence-electron chi connectivity index (χ0n) is 23.7. The Kier molecular flexibility index (Phi) is 8.39. The van der Waals surface area contributed by atoms with Gasteiger partial charge in [0.15, 0.2) is 0 Å². The number of para-hydroxylation sites is 2. The van der Waals surface area contributed by atoms with Crippen molar-refractivity contribution in [2.75, 3.05) is 48.9 Å². The summed E-state index contributed by atoms with van der Waals surface area (Å²) in [5, 5.41) is 4.89. The number of halogens is 2. The first-order valence-corrected chi connectivity index (χ1v) is 13.5. The molecule has 0 saturated heterocycles. The summed E-state index contributed by atoms with van der Waals surface area (Å²) in [7, 11) is 5.83. The van der Waals surface area contributed by atoms with E-state index >= 15 is 0 Å². The molecule has 0 bridgehead atoms. The highest BCUT2D eigenvalue weighted by Crippen LogP contribution is 2.41. The van der Waals surface area contributed by atoms with Crippen molar-refractivity contribution in [3.63, 3.8) is 0 Å². The lowest BCUT2D eigenvalue weighted by atomic mass is 10.2. The quantitative estimate of drug-likeness (QED) is 0.303. The molecule has 3 aromatic carbocycles. The fraction of sp³-hybridized carbons (Fsp3) is 0.133. The van der Waals surface area contributed by atoms with Crippen molar-refractivity contribution < 1.29 is 38.1 Å². The van der Waals surface area contributed by atoms with Gasteiger partial charge in [-0.3, -0.25) is 19.2 Å². The monoisotopic (exact) mass is 638 g/mol. The first-order chi connectivity index (χ1) is 21.1. The molecule has 0 fully saturated rings. The van der Waals surface area contributed by atoms with Crippen LogP contribution in [0.4, 0.5) is 22.7 Å². The average Bonchev–Trinajstić information content (AvgIpc) is 3.38. The van der Waals surface area contributed by atoms with Crippen LogP contribution < -0.4 is 39.4 Å². The second-order valence-corrected chi connectivity index (χ2v) is 9.90. The number of hydrogen-bond acceptors (Lipinski definition) is 10. The number of nitrogens with one attached hydrogen (secondary N) is 2. The summed E-state index contributed by atoms with van der Waals surface area (Å²) in [6.45, 7) is 0. The highest BCUT2D eigenvalue weighted by Gasteiger charge is 2.44. The fourth-order valence-corrected chi connectivity index (χ4v) is 5.00. The largest absolute Gasteiger partial charge is 0.497 e. The minimum Gasteiger partial charge on any atom is -0.497 e. The Morgan fingerprint density at radius 3 is 1.27 bits per heavy atom. The molecule has 0 aromatic heterocycles. The highest BCUT2D eigenvalue weighted by atomic mass is 35.5. The van der Waals surface area contributed by atoms with E-state index in [1.165, 1.54) is 52.7 Å². The van der Waals surface area contributed by atoms with Crippen LogP contribution in [-0.2, 0) is 19.2 Å². The standard InChI is InChI=1S/C30H24Cl2N4O8/c1-41-15-9-11-17(21(13-15)43-3)33-25-23(31)27(37)35(29(25)39)19-7-5-6-8-20(19)36-28(38)24(32)26(30(36)40)34-18-12-10-16(42-2)14-22(18)44-4/h5-14,33-34H,1-4H3. The number of rotatable bonds is 10. The van der Waals surface area contributed by atoms with Gasteiger partial charge in [0.1, 0.15) is 44.5 Å². The molecule has 0 radical (unpaired) electrons. The van der Waals surface area contributed by atoms with Gasteiger partial charge in [-0.2, -0.15) is 0 Å². The molecule has 0 unspecified atom stereocenters. The molecule has 5 rings (SSSR count). The van der Waals surface area contributed by atoms with Gasteiger partial charge in [0.25, 0.3) is 23.6 Å². The van der Waals surface area contributed by atoms with Crippen LogP contribution in [0.25, 0.3) is 0 Å². The van der Waals surface area contributed by atoms with Gasteiger partial charge in [-0.1, -0.05) is 35.3 Å². The molecule has 2 heterocycles. The van der Waals surface area contributed by atoms with Crippen LogP contribution in [0, 0.1) is 0 Å². The number of benzene rings is 3. The predicted octanol–water partition coefficient (Wildman–Crippen LogP) is 4.59. The van der Waals surface area contributed by atoms with Crippen molar-refractivity contribution in [2.45, 2.75) is 0 Å². The summed E-state index contributed by atoms with van der Waals surface area (Å²) in [4.78, 5) is 55.5. The number of imide groups is 2. The third kappa shape index (κ3) is 5.14. The van der Waals surface area contributed by atoms with E-state index in [0.29, 0.717) is 34.4 Å². The summed E-state index contributed by atoms with van der Waals surface area (Å²) in [6, 6.07) is 15.5. The van der Waals surface area contributed by atoms with E-state index in [1.807, 2.05) is 0 Å². The summed E-state index contributed by atoms with van der Waals surface area (Å²) >= 11 is 12.7. The predicted molar refractivity (Wildman–Crippen MR) is 164 cm³/mol. The van der Waals surface area contributed by atoms with Crippen LogP contribution >= 0.6 is 23.2 Å². The third-order valence-corrected chi connectivity index (χ3v) is 7.46. The first-order valence-electron chi connectivity index (χ1n) is 12.8. The zero-order valence-corrected chi connectivity index (χ0v) is 25.2. The molecule has 14 heteroatoms. The Balaban J connectivity index is 1.46. The molecular weight excluding hydrogens is 615 g/mol. The molecule has 0 atom stereocenters. The molecule has 226 valence electrons. The Morgan fingerprint density at radius 2 is 0.932 bits per heavy atom. The smallest absolute Gasteiger partial charge is 0.283 e. The van der Waals surface area contributed by atoms with Crippen molar-refractivity contribution in [2.24, 2.45) is 0 Å². The molecule has 44 heavy (non-hydrogen) atoms. The van der Waals surface area contributed by atoms with E-state index in [2.05, 4.69) is 10.6 Å². The van der Waals surface area contributed by atoms with Crippen LogP contribution in [0.1, 0.15) is 0 Å². The molecule has 12 nitrogen and oxygen atoms in total. The molecule has 0 spiro atoms. The number of amides is 4. The Labute approximate surface area is 261 Å². The molecule has 2 aliphatic heterocycles. The van der Waals surface area contributed by atoms with E-state index in [0.717, 1.165) is 9.80 Å². The lowest BCUT2D eigenvalue weighted by molar-refractivity contribution is -0.122. The van der Waals surface area contributed by atoms with Crippen LogP contribution in [0.2, 0.25) is 0 Å². The van der Waals surface area contributed by atoms with Crippen LogP contribution in [0.15, 0.2) is 82.1 Å². The van der Waals surface area contributed by atoms with Crippen LogP contribution in [0.3, 0.4) is 0 Å². The number of carbonyl (C=O) groups excluding carboxylic acids is 4. The molecule has 2 aliphatic rings. The summed E-state index contributed by atoms with van der Waals surface area (Å²) in [5.74, 6) is -1.76. The van der Waals surface area contributed by atoms with Gasteiger partial charge in [0.2, 0.25) is 0 Å². The zero-order chi connectivity index (χ0) is 31.7. The van der Waals surface area contributed by atoms with Gasteiger partial charge >= 0.3 is 0 Å². The van der Waals surface area contributed by atoms with Crippen molar-refractivity contribution in [1.82, 2.24) is 0 Å². The molecule has 4 amide bonds. The van der Waals surface area contributed by atoms with Crippen molar-refractivity contribution in [1.29, 1.82) is 0 Å². The number of hydrogen-bond donors (Lipinski definition) is 2. The van der Waals surface area contributed by atoms with Gasteiger partial charge in [0, 0.05) is 12.1 Å². The van der Waals surface area contributed by atoms with Gasteiger partial charge in [-0.05, 0) is 36.4 Å². The number of nitrogens with zero attached hydrogens (tertiary/aromatic N) is 2. The second-order valence-electron chi connectivity index (χ2n) is 9.14. The maximum atomic E-state index is 13.7. The van der Waals surface area contributed by atoms with Gasteiger partial charge < -0.3 is 29.6 Å². The molecule has 0 aliphatic carbocycles. The minimum absolute atomic E-state index is 0.0754. The van der Waals surface area contributed by atoms with Crippen molar-refractivity contribution in [3.8, 4) is 23.0 Å². The number of methoxy groups -OCH3 is 4. The topological polar surface area (TPSA) is 136 Å². The lowest BCUT2D eigenvalue weighted by Gasteiger charge is -2.23. The average molecular weight is 639 g/mol. The first kappa shape index (κ1) is 30.3. The van der Waals surface area contributed by atoms with Crippen LogP contribution in [-0.4, -0.2) is 52.1 Å². The Bertz CT molecular complexity index is 1660. The molecule has 3 aromatic rings. The number of anilines is 4. The van der Waals surface area contributed by atoms with E-state index in [9.17, 15) is 19.2 Å². The fourth-order valence-electron chi connectivity index (χ4n) is 4.58. The molecular formula is C30H24Cl2N4O8. The van der Waals surface area contributed by atoms with Crippen LogP contribution in [0.5, 0.6) is 23.0 Å². The summed E-state index contributed by atoms with van der Waals surface area (Å²) in [5.41, 5.74) is 0.0482. The van der Waals surface area contributed by atoms with Crippen molar-refractivity contribution in [3.05, 3.63) is 82.1 Å². The number of carbonyl (C=O) groups is 4. The molecule has 2 N–H and O–H groups in total. The van der Waals surface area contributed by atoms with E-state index < -0.39 is 33.7 Å². The Morgan fingerprint density at radius 1 is 0.545 bits per heavy atom. The summed E-state index contributed by atoms with van der Waals surface area (Å²) < 4.78 is 21.1. The maximum Gasteiger partial charge on any atom is 0.283 e. The van der Waals surface area contributed by atoms with E-state index in [4.69, 9.17) is 42.1 Å². The van der Waals surface area contributed by atoms with E-state index in [1.54, 1.807) is 36.4 Å². The Hall–Kier alpha value is -5.20. The minimum atomic E-state index is -0.876. The summed E-state index contributed by atoms with van der Waals surface area (Å²) in [6.07, 6.45) is 0. The van der Waals surface area contributed by atoms with Crippen molar-refractivity contribution >= 4 is 69.6 Å².